The minimum atomic E-state index is -0.698. The van der Waals surface area contributed by atoms with Gasteiger partial charge in [-0.05, 0) is 55.6 Å². The molecule has 30 heavy (non-hydrogen) atoms. The Balaban J connectivity index is 1.41. The topological polar surface area (TPSA) is 92.8 Å². The number of likely N-dealkylation sites (tertiary alicyclic amines) is 1. The number of pyridine rings is 1. The van der Waals surface area contributed by atoms with Gasteiger partial charge in [0.2, 0.25) is 0 Å². The predicted molar refractivity (Wildman–Crippen MR) is 113 cm³/mol. The SMILES string of the molecule is COc1ccc(NC(=O)C(=O)NCC2CCN(Cc3cccnc3)CC2)cc1OC. The number of ether oxygens (including phenoxy) is 2. The van der Waals surface area contributed by atoms with Crippen LogP contribution < -0.4 is 20.1 Å². The first-order chi connectivity index (χ1) is 14.6. The third kappa shape index (κ3) is 5.93. The average molecular weight is 412 g/mol. The first kappa shape index (κ1) is 21.6. The number of rotatable bonds is 7. The van der Waals surface area contributed by atoms with Gasteiger partial charge in [0, 0.05) is 37.2 Å². The van der Waals surface area contributed by atoms with Crippen LogP contribution in [-0.2, 0) is 16.1 Å². The van der Waals surface area contributed by atoms with Crippen LogP contribution in [0.1, 0.15) is 18.4 Å². The van der Waals surface area contributed by atoms with E-state index in [1.165, 1.54) is 19.8 Å². The highest BCUT2D eigenvalue weighted by atomic mass is 16.5. The number of aromatic nitrogens is 1. The molecule has 0 spiro atoms. The molecule has 2 amide bonds. The molecule has 1 aliphatic heterocycles. The molecule has 0 bridgehead atoms. The number of piperidine rings is 1. The van der Waals surface area contributed by atoms with E-state index >= 15 is 0 Å². The molecule has 160 valence electrons. The number of benzene rings is 1. The summed E-state index contributed by atoms with van der Waals surface area (Å²) in [6, 6.07) is 8.97. The highest BCUT2D eigenvalue weighted by molar-refractivity contribution is 6.39. The Hall–Kier alpha value is -3.13. The molecule has 1 aliphatic rings. The van der Waals surface area contributed by atoms with Gasteiger partial charge in [0.25, 0.3) is 0 Å². The lowest BCUT2D eigenvalue weighted by molar-refractivity contribution is -0.136. The number of carbonyl (C=O) groups is 2. The van der Waals surface area contributed by atoms with Crippen molar-refractivity contribution in [2.75, 3.05) is 39.2 Å². The van der Waals surface area contributed by atoms with Crippen LogP contribution >= 0.6 is 0 Å². The van der Waals surface area contributed by atoms with Gasteiger partial charge in [-0.3, -0.25) is 19.5 Å². The van der Waals surface area contributed by atoms with E-state index in [9.17, 15) is 9.59 Å². The molecular formula is C22H28N4O4. The summed E-state index contributed by atoms with van der Waals surface area (Å²) >= 11 is 0. The number of nitrogens with zero attached hydrogens (tertiary/aromatic N) is 2. The molecule has 1 saturated heterocycles. The van der Waals surface area contributed by atoms with Crippen LogP contribution in [-0.4, -0.2) is 55.6 Å². The summed E-state index contributed by atoms with van der Waals surface area (Å²) < 4.78 is 10.4. The summed E-state index contributed by atoms with van der Waals surface area (Å²) in [6.07, 6.45) is 5.64. The maximum absolute atomic E-state index is 12.2. The molecule has 0 saturated carbocycles. The molecule has 2 N–H and O–H groups in total. The van der Waals surface area contributed by atoms with E-state index in [0.29, 0.717) is 29.6 Å². The largest absolute Gasteiger partial charge is 0.493 e. The van der Waals surface area contributed by atoms with E-state index < -0.39 is 11.8 Å². The number of carbonyl (C=O) groups excluding carboxylic acids is 2. The van der Waals surface area contributed by atoms with Gasteiger partial charge < -0.3 is 20.1 Å². The lowest BCUT2D eigenvalue weighted by Gasteiger charge is -2.31. The van der Waals surface area contributed by atoms with Gasteiger partial charge in [-0.2, -0.15) is 0 Å². The zero-order chi connectivity index (χ0) is 21.3. The van der Waals surface area contributed by atoms with E-state index in [2.05, 4.69) is 26.6 Å². The van der Waals surface area contributed by atoms with Gasteiger partial charge in [0.1, 0.15) is 0 Å². The molecule has 3 rings (SSSR count). The molecule has 0 atom stereocenters. The van der Waals surface area contributed by atoms with Crippen LogP contribution in [0.5, 0.6) is 11.5 Å². The first-order valence-electron chi connectivity index (χ1n) is 10.0. The monoisotopic (exact) mass is 412 g/mol. The lowest BCUT2D eigenvalue weighted by Crippen LogP contribution is -2.41. The van der Waals surface area contributed by atoms with Crippen molar-refractivity contribution in [2.45, 2.75) is 19.4 Å². The molecule has 2 heterocycles. The van der Waals surface area contributed by atoms with Crippen LogP contribution in [0.15, 0.2) is 42.7 Å². The number of hydrogen-bond acceptors (Lipinski definition) is 6. The Kier molecular flexibility index (Phi) is 7.62. The quantitative estimate of drug-likeness (QED) is 0.677. The van der Waals surface area contributed by atoms with Crippen LogP contribution in [0.25, 0.3) is 0 Å². The van der Waals surface area contributed by atoms with Crippen molar-refractivity contribution >= 4 is 17.5 Å². The van der Waals surface area contributed by atoms with E-state index in [1.807, 2.05) is 12.3 Å². The van der Waals surface area contributed by atoms with E-state index in [0.717, 1.165) is 32.5 Å². The molecule has 8 heteroatoms. The van der Waals surface area contributed by atoms with Gasteiger partial charge in [0.05, 0.1) is 14.2 Å². The predicted octanol–water partition coefficient (Wildman–Crippen LogP) is 2.07. The molecular weight excluding hydrogens is 384 g/mol. The van der Waals surface area contributed by atoms with Crippen molar-refractivity contribution in [3.63, 3.8) is 0 Å². The van der Waals surface area contributed by atoms with Crippen molar-refractivity contribution in [2.24, 2.45) is 5.92 Å². The van der Waals surface area contributed by atoms with Gasteiger partial charge in [-0.15, -0.1) is 0 Å². The Morgan fingerprint density at radius 2 is 1.87 bits per heavy atom. The first-order valence-corrected chi connectivity index (χ1v) is 10.0. The maximum atomic E-state index is 12.2. The van der Waals surface area contributed by atoms with Crippen molar-refractivity contribution in [3.05, 3.63) is 48.3 Å². The highest BCUT2D eigenvalue weighted by Crippen LogP contribution is 2.29. The number of amides is 2. The molecule has 2 aromatic rings. The molecule has 1 fully saturated rings. The third-order valence-electron chi connectivity index (χ3n) is 5.24. The molecule has 1 aromatic heterocycles. The van der Waals surface area contributed by atoms with E-state index in [-0.39, 0.29) is 0 Å². The average Bonchev–Trinajstić information content (AvgIpc) is 2.79. The maximum Gasteiger partial charge on any atom is 0.313 e. The van der Waals surface area contributed by atoms with Gasteiger partial charge in [0.15, 0.2) is 11.5 Å². The summed E-state index contributed by atoms with van der Waals surface area (Å²) in [5.41, 5.74) is 1.67. The Bertz CT molecular complexity index is 851. The fourth-order valence-electron chi connectivity index (χ4n) is 3.52. The summed E-state index contributed by atoms with van der Waals surface area (Å²) in [7, 11) is 3.05. The summed E-state index contributed by atoms with van der Waals surface area (Å²) in [5, 5.41) is 5.34. The van der Waals surface area contributed by atoms with Gasteiger partial charge in [-0.25, -0.2) is 0 Å². The van der Waals surface area contributed by atoms with Gasteiger partial charge in [-0.1, -0.05) is 6.07 Å². The van der Waals surface area contributed by atoms with E-state index in [4.69, 9.17) is 9.47 Å². The van der Waals surface area contributed by atoms with Crippen LogP contribution in [0, 0.1) is 5.92 Å². The van der Waals surface area contributed by atoms with Crippen molar-refractivity contribution in [1.82, 2.24) is 15.2 Å². The van der Waals surface area contributed by atoms with Crippen LogP contribution in [0.2, 0.25) is 0 Å². The molecule has 1 aromatic carbocycles. The van der Waals surface area contributed by atoms with Crippen molar-refractivity contribution in [3.8, 4) is 11.5 Å². The van der Waals surface area contributed by atoms with Gasteiger partial charge >= 0.3 is 11.8 Å². The fraction of sp³-hybridized carbons (Fsp3) is 0.409. The number of hydrogen-bond donors (Lipinski definition) is 2. The zero-order valence-electron chi connectivity index (χ0n) is 17.4. The smallest absolute Gasteiger partial charge is 0.313 e. The summed E-state index contributed by atoms with van der Waals surface area (Å²) in [5.74, 6) is 0.0651. The minimum absolute atomic E-state index is 0.368. The number of anilines is 1. The Morgan fingerprint density at radius 3 is 2.53 bits per heavy atom. The lowest BCUT2D eigenvalue weighted by atomic mass is 9.96. The Morgan fingerprint density at radius 1 is 1.10 bits per heavy atom. The second kappa shape index (κ2) is 10.6. The van der Waals surface area contributed by atoms with Crippen LogP contribution in [0.4, 0.5) is 5.69 Å². The highest BCUT2D eigenvalue weighted by Gasteiger charge is 2.21. The Labute approximate surface area is 176 Å². The molecule has 0 unspecified atom stereocenters. The molecule has 0 radical (unpaired) electrons. The molecule has 0 aliphatic carbocycles. The minimum Gasteiger partial charge on any atom is -0.493 e. The van der Waals surface area contributed by atoms with Crippen LogP contribution in [0.3, 0.4) is 0 Å². The number of nitrogens with one attached hydrogen (secondary N) is 2. The standard InChI is InChI=1S/C22H28N4O4/c1-29-19-6-5-18(12-20(19)30-2)25-22(28)21(27)24-14-16-7-10-26(11-8-16)15-17-4-3-9-23-13-17/h3-6,9,12-13,16H,7-8,10-11,14-15H2,1-2H3,(H,24,27)(H,25,28). The second-order valence-electron chi connectivity index (χ2n) is 7.31. The molecule has 8 nitrogen and oxygen atoms in total. The van der Waals surface area contributed by atoms with Crippen molar-refractivity contribution in [1.29, 1.82) is 0 Å². The fourth-order valence-corrected chi connectivity index (χ4v) is 3.52. The third-order valence-corrected chi connectivity index (χ3v) is 5.24. The van der Waals surface area contributed by atoms with Crippen molar-refractivity contribution < 1.29 is 19.1 Å². The summed E-state index contributed by atoms with van der Waals surface area (Å²) in [6.45, 7) is 3.32. The van der Waals surface area contributed by atoms with E-state index in [1.54, 1.807) is 24.4 Å². The second-order valence-corrected chi connectivity index (χ2v) is 7.31. The zero-order valence-corrected chi connectivity index (χ0v) is 17.4. The normalized spacial score (nSPS) is 14.7. The summed E-state index contributed by atoms with van der Waals surface area (Å²) in [4.78, 5) is 30.9. The number of methoxy groups -OCH3 is 2.